The van der Waals surface area contributed by atoms with E-state index in [1.165, 1.54) is 5.56 Å². The molecule has 1 atom stereocenters. The number of halogens is 1. The van der Waals surface area contributed by atoms with E-state index in [1.807, 2.05) is 18.2 Å². The lowest BCUT2D eigenvalue weighted by atomic mass is 10.1. The van der Waals surface area contributed by atoms with Crippen molar-refractivity contribution in [1.82, 2.24) is 5.32 Å². The van der Waals surface area contributed by atoms with Crippen LogP contribution in [-0.4, -0.2) is 18.3 Å². The summed E-state index contributed by atoms with van der Waals surface area (Å²) in [6.07, 6.45) is 2.01. The first-order valence-corrected chi connectivity index (χ1v) is 7.28. The highest BCUT2D eigenvalue weighted by Gasteiger charge is 2.14. The molecular formula is C15H20ClNO2. The highest BCUT2D eigenvalue weighted by molar-refractivity contribution is 6.18. The van der Waals surface area contributed by atoms with Crippen LogP contribution in [0.4, 0.5) is 0 Å². The Balaban J connectivity index is 1.80. The zero-order chi connectivity index (χ0) is 13.7. The molecule has 4 heteroatoms. The highest BCUT2D eigenvalue weighted by atomic mass is 35.5. The van der Waals surface area contributed by atoms with Gasteiger partial charge in [0.2, 0.25) is 0 Å². The fourth-order valence-electron chi connectivity index (χ4n) is 2.14. The second kappa shape index (κ2) is 6.92. The van der Waals surface area contributed by atoms with Gasteiger partial charge in [0.25, 0.3) is 5.91 Å². The number of ether oxygens (including phenoxy) is 1. The Bertz CT molecular complexity index is 448. The van der Waals surface area contributed by atoms with Gasteiger partial charge in [0.1, 0.15) is 0 Å². The van der Waals surface area contributed by atoms with Crippen LogP contribution in [0.2, 0.25) is 0 Å². The van der Waals surface area contributed by atoms with Gasteiger partial charge in [0.05, 0.1) is 13.2 Å². The van der Waals surface area contributed by atoms with Gasteiger partial charge in [-0.05, 0) is 42.0 Å². The van der Waals surface area contributed by atoms with Crippen molar-refractivity contribution in [3.63, 3.8) is 0 Å². The smallest absolute Gasteiger partial charge is 0.251 e. The Hall–Kier alpha value is -1.06. The van der Waals surface area contributed by atoms with E-state index in [0.717, 1.165) is 24.0 Å². The second-order valence-corrected chi connectivity index (χ2v) is 5.44. The minimum absolute atomic E-state index is 0.00627. The average Bonchev–Trinajstić information content (AvgIpc) is 2.90. The van der Waals surface area contributed by atoms with Gasteiger partial charge in [-0.3, -0.25) is 4.79 Å². The Kier molecular flexibility index (Phi) is 5.23. The maximum absolute atomic E-state index is 12.0. The maximum atomic E-state index is 12.0. The quantitative estimate of drug-likeness (QED) is 0.643. The molecule has 0 saturated carbocycles. The lowest BCUT2D eigenvalue weighted by Crippen LogP contribution is -2.24. The van der Waals surface area contributed by atoms with Gasteiger partial charge in [0.15, 0.2) is 0 Å². The zero-order valence-corrected chi connectivity index (χ0v) is 12.0. The van der Waals surface area contributed by atoms with E-state index in [-0.39, 0.29) is 5.91 Å². The van der Waals surface area contributed by atoms with E-state index in [0.29, 0.717) is 31.6 Å². The van der Waals surface area contributed by atoms with Crippen LogP contribution < -0.4 is 5.32 Å². The summed E-state index contributed by atoms with van der Waals surface area (Å²) < 4.78 is 5.34. The van der Waals surface area contributed by atoms with Crippen LogP contribution in [0.3, 0.4) is 0 Å². The molecule has 1 amide bonds. The number of nitrogens with one attached hydrogen (secondary N) is 1. The number of carbonyl (C=O) groups excluding carboxylic acids is 1. The summed E-state index contributed by atoms with van der Waals surface area (Å²) in [6, 6.07) is 5.77. The van der Waals surface area contributed by atoms with Gasteiger partial charge >= 0.3 is 0 Å². The molecule has 0 aliphatic carbocycles. The van der Waals surface area contributed by atoms with Gasteiger partial charge in [-0.2, -0.15) is 0 Å². The summed E-state index contributed by atoms with van der Waals surface area (Å²) >= 11 is 5.74. The van der Waals surface area contributed by atoms with Crippen molar-refractivity contribution in [2.24, 2.45) is 5.92 Å². The fourth-order valence-corrected chi connectivity index (χ4v) is 2.30. The highest BCUT2D eigenvalue weighted by Crippen LogP contribution is 2.20. The molecule has 0 fully saturated rings. The molecule has 1 aromatic carbocycles. The molecule has 1 unspecified atom stereocenters. The van der Waals surface area contributed by atoms with E-state index in [1.54, 1.807) is 0 Å². The van der Waals surface area contributed by atoms with Gasteiger partial charge < -0.3 is 10.1 Å². The summed E-state index contributed by atoms with van der Waals surface area (Å²) in [5.41, 5.74) is 3.03. The summed E-state index contributed by atoms with van der Waals surface area (Å²) in [7, 11) is 0. The molecule has 19 heavy (non-hydrogen) atoms. The Labute approximate surface area is 119 Å². The lowest BCUT2D eigenvalue weighted by Gasteiger charge is -2.09. The van der Waals surface area contributed by atoms with Gasteiger partial charge in [0, 0.05) is 18.0 Å². The number of carbonyl (C=O) groups is 1. The van der Waals surface area contributed by atoms with Crippen molar-refractivity contribution in [3.05, 3.63) is 34.9 Å². The number of rotatable bonds is 6. The molecule has 104 valence electrons. The van der Waals surface area contributed by atoms with Crippen LogP contribution in [0.1, 0.15) is 41.3 Å². The molecule has 1 aliphatic heterocycles. The third kappa shape index (κ3) is 3.95. The SMILES string of the molecule is CC(CCl)CCCNC(=O)c1ccc2c(c1)COC2. The maximum Gasteiger partial charge on any atom is 0.251 e. The summed E-state index contributed by atoms with van der Waals surface area (Å²) in [6.45, 7) is 4.10. The monoisotopic (exact) mass is 281 g/mol. The number of benzene rings is 1. The molecule has 0 radical (unpaired) electrons. The first-order valence-electron chi connectivity index (χ1n) is 6.74. The molecule has 1 N–H and O–H groups in total. The van der Waals surface area contributed by atoms with Crippen LogP contribution in [0.5, 0.6) is 0 Å². The summed E-state index contributed by atoms with van der Waals surface area (Å²) in [4.78, 5) is 12.0. The molecular weight excluding hydrogens is 262 g/mol. The predicted molar refractivity (Wildman–Crippen MR) is 76.4 cm³/mol. The standard InChI is InChI=1S/C15H20ClNO2/c1-11(8-16)3-2-6-17-15(18)12-4-5-13-9-19-10-14(13)7-12/h4-5,7,11H,2-3,6,8-10H2,1H3,(H,17,18). The van der Waals surface area contributed by atoms with Crippen LogP contribution >= 0.6 is 11.6 Å². The van der Waals surface area contributed by atoms with E-state index in [2.05, 4.69) is 12.2 Å². The largest absolute Gasteiger partial charge is 0.372 e. The summed E-state index contributed by atoms with van der Waals surface area (Å²) in [5, 5.41) is 2.95. The van der Waals surface area contributed by atoms with Crippen molar-refractivity contribution in [1.29, 1.82) is 0 Å². The lowest BCUT2D eigenvalue weighted by molar-refractivity contribution is 0.0952. The predicted octanol–water partition coefficient (Wildman–Crippen LogP) is 3.10. The zero-order valence-electron chi connectivity index (χ0n) is 11.2. The van der Waals surface area contributed by atoms with Gasteiger partial charge in [-0.1, -0.05) is 13.0 Å². The number of hydrogen-bond acceptors (Lipinski definition) is 2. The molecule has 1 aromatic rings. The van der Waals surface area contributed by atoms with Crippen molar-refractivity contribution in [2.75, 3.05) is 12.4 Å². The van der Waals surface area contributed by atoms with Crippen molar-refractivity contribution in [3.8, 4) is 0 Å². The van der Waals surface area contributed by atoms with Crippen molar-refractivity contribution >= 4 is 17.5 Å². The average molecular weight is 282 g/mol. The Morgan fingerprint density at radius 2 is 2.21 bits per heavy atom. The summed E-state index contributed by atoms with van der Waals surface area (Å²) in [5.74, 6) is 1.18. The van der Waals surface area contributed by atoms with Crippen LogP contribution in [0.25, 0.3) is 0 Å². The molecule has 0 saturated heterocycles. The van der Waals surface area contributed by atoms with E-state index in [4.69, 9.17) is 16.3 Å². The van der Waals surface area contributed by atoms with E-state index < -0.39 is 0 Å². The van der Waals surface area contributed by atoms with Crippen molar-refractivity contribution in [2.45, 2.75) is 33.0 Å². The first-order chi connectivity index (χ1) is 9.20. The molecule has 0 bridgehead atoms. The molecule has 1 heterocycles. The number of hydrogen-bond donors (Lipinski definition) is 1. The minimum atomic E-state index is -0.00627. The fraction of sp³-hybridized carbons (Fsp3) is 0.533. The van der Waals surface area contributed by atoms with Gasteiger partial charge in [-0.15, -0.1) is 11.6 Å². The molecule has 1 aliphatic rings. The molecule has 0 spiro atoms. The number of fused-ring (bicyclic) bond motifs is 1. The number of amides is 1. The second-order valence-electron chi connectivity index (χ2n) is 5.13. The third-order valence-corrected chi connectivity index (χ3v) is 3.93. The Morgan fingerprint density at radius 1 is 1.42 bits per heavy atom. The van der Waals surface area contributed by atoms with Crippen molar-refractivity contribution < 1.29 is 9.53 Å². The van der Waals surface area contributed by atoms with E-state index >= 15 is 0 Å². The third-order valence-electron chi connectivity index (χ3n) is 3.41. The first kappa shape index (κ1) is 14.4. The van der Waals surface area contributed by atoms with Crippen LogP contribution in [0.15, 0.2) is 18.2 Å². The minimum Gasteiger partial charge on any atom is -0.372 e. The van der Waals surface area contributed by atoms with Crippen LogP contribution in [-0.2, 0) is 18.0 Å². The van der Waals surface area contributed by atoms with E-state index in [9.17, 15) is 4.79 Å². The molecule has 0 aromatic heterocycles. The van der Waals surface area contributed by atoms with Gasteiger partial charge in [-0.25, -0.2) is 0 Å². The van der Waals surface area contributed by atoms with Crippen LogP contribution in [0, 0.1) is 5.92 Å². The molecule has 3 nitrogen and oxygen atoms in total. The Morgan fingerprint density at radius 3 is 3.00 bits per heavy atom. The molecule has 2 rings (SSSR count). The normalized spacial score (nSPS) is 15.1. The topological polar surface area (TPSA) is 38.3 Å². The number of alkyl halides is 1.